The summed E-state index contributed by atoms with van der Waals surface area (Å²) in [7, 11) is 1.04. The Morgan fingerprint density at radius 2 is 1.59 bits per heavy atom. The SMILES string of the molecule is COC(=O)c1c(O)ccc(O)c1CC(=O)c1c(O)cc2c(c1O)C1=CC[C@]3(C2)C(C1=O)C(=O)c1c(O)cc(C)cc1[C@@H]3OC(C)=O. The Morgan fingerprint density at radius 1 is 0.891 bits per heavy atom. The lowest BCUT2D eigenvalue weighted by atomic mass is 9.55. The number of hydrogen-bond donors (Lipinski definition) is 5. The normalized spacial score (nSPS) is 21.0. The molecule has 46 heavy (non-hydrogen) atoms. The molecule has 0 fully saturated rings. The fourth-order valence-corrected chi connectivity index (χ4v) is 7.29. The first kappa shape index (κ1) is 30.4. The van der Waals surface area contributed by atoms with Crippen molar-refractivity contribution in [3.63, 3.8) is 0 Å². The molecule has 3 aromatic carbocycles. The second-order valence-corrected chi connectivity index (χ2v) is 11.8. The molecule has 1 unspecified atom stereocenters. The van der Waals surface area contributed by atoms with E-state index < -0.39 is 87.3 Å². The number of carbonyl (C=O) groups is 5. The molecule has 12 nitrogen and oxygen atoms in total. The van der Waals surface area contributed by atoms with Gasteiger partial charge in [0.2, 0.25) is 0 Å². The van der Waals surface area contributed by atoms with Crippen LogP contribution in [0.4, 0.5) is 0 Å². The third-order valence-corrected chi connectivity index (χ3v) is 9.10. The molecule has 3 aromatic rings. The van der Waals surface area contributed by atoms with E-state index in [9.17, 15) is 49.5 Å². The molecule has 0 radical (unpaired) electrons. The van der Waals surface area contributed by atoms with Gasteiger partial charge in [0.15, 0.2) is 17.3 Å². The van der Waals surface area contributed by atoms with Crippen LogP contribution in [0.15, 0.2) is 36.4 Å². The summed E-state index contributed by atoms with van der Waals surface area (Å²) in [5, 5.41) is 54.2. The van der Waals surface area contributed by atoms with Crippen molar-refractivity contribution in [3.05, 3.63) is 80.9 Å². The third kappa shape index (κ3) is 4.24. The molecule has 0 heterocycles. The summed E-state index contributed by atoms with van der Waals surface area (Å²) < 4.78 is 10.5. The highest BCUT2D eigenvalue weighted by Gasteiger charge is 2.62. The molecule has 0 amide bonds. The molecule has 2 bridgehead atoms. The summed E-state index contributed by atoms with van der Waals surface area (Å²) in [5.74, 6) is -8.52. The van der Waals surface area contributed by atoms with Crippen LogP contribution in [-0.2, 0) is 31.9 Å². The second kappa shape index (κ2) is 10.5. The van der Waals surface area contributed by atoms with Crippen LogP contribution in [0, 0.1) is 18.3 Å². The van der Waals surface area contributed by atoms with Gasteiger partial charge in [-0.1, -0.05) is 12.1 Å². The standard InChI is InChI=1S/C34H28O12/c1-13-8-18-25(21(38)9-13)31(43)28-29(41)16-6-7-34(28,32(18)46-14(2)35)12-15-10-22(39)27(30(42)24(15)16)23(40)11-17-19(36)4-5-20(37)26(17)33(44)45-3/h4-6,8-10,28,32,36-39,42H,7,11-12H2,1-3H3/t28?,32-,34-/m0/s1. The van der Waals surface area contributed by atoms with Crippen molar-refractivity contribution >= 4 is 34.9 Å². The van der Waals surface area contributed by atoms with Gasteiger partial charge in [-0.25, -0.2) is 4.79 Å². The van der Waals surface area contributed by atoms with Crippen molar-refractivity contribution in [2.75, 3.05) is 7.11 Å². The molecule has 4 aliphatic carbocycles. The molecular formula is C34H28O12. The Hall–Kier alpha value is -5.65. The predicted molar refractivity (Wildman–Crippen MR) is 158 cm³/mol. The number of ether oxygens (including phenoxy) is 2. The maximum atomic E-state index is 14.2. The number of allylic oxidation sites excluding steroid dienone is 2. The molecule has 1 spiro atoms. The van der Waals surface area contributed by atoms with Crippen molar-refractivity contribution < 1.29 is 59.0 Å². The van der Waals surface area contributed by atoms with Gasteiger partial charge in [0.25, 0.3) is 0 Å². The van der Waals surface area contributed by atoms with Gasteiger partial charge in [0, 0.05) is 41.0 Å². The van der Waals surface area contributed by atoms with Gasteiger partial charge in [-0.3, -0.25) is 19.2 Å². The number of phenols is 5. The molecule has 12 heteroatoms. The largest absolute Gasteiger partial charge is 0.508 e. The van der Waals surface area contributed by atoms with Crippen molar-refractivity contribution in [1.82, 2.24) is 0 Å². The number of fused-ring (bicyclic) bond motifs is 2. The smallest absolute Gasteiger partial charge is 0.342 e. The lowest BCUT2D eigenvalue weighted by Crippen LogP contribution is -2.52. The molecule has 3 atom stereocenters. The Kier molecular flexibility index (Phi) is 6.91. The fourth-order valence-electron chi connectivity index (χ4n) is 7.29. The zero-order chi connectivity index (χ0) is 33.4. The molecule has 0 saturated carbocycles. The lowest BCUT2D eigenvalue weighted by Gasteiger charge is -2.48. The maximum absolute atomic E-state index is 14.2. The average Bonchev–Trinajstić information content (AvgIpc) is 3.20. The van der Waals surface area contributed by atoms with Gasteiger partial charge >= 0.3 is 11.9 Å². The van der Waals surface area contributed by atoms with E-state index in [4.69, 9.17) is 4.74 Å². The van der Waals surface area contributed by atoms with E-state index in [1.165, 1.54) is 25.1 Å². The molecule has 7 rings (SSSR count). The first-order chi connectivity index (χ1) is 21.7. The highest BCUT2D eigenvalue weighted by atomic mass is 16.5. The number of aryl methyl sites for hydroxylation is 1. The molecule has 0 aliphatic heterocycles. The van der Waals surface area contributed by atoms with E-state index in [0.717, 1.165) is 19.2 Å². The zero-order valence-electron chi connectivity index (χ0n) is 24.8. The summed E-state index contributed by atoms with van der Waals surface area (Å²) >= 11 is 0. The summed E-state index contributed by atoms with van der Waals surface area (Å²) in [6, 6.07) is 6.24. The summed E-state index contributed by atoms with van der Waals surface area (Å²) in [6.45, 7) is 2.87. The number of phenolic OH excluding ortho intramolecular Hbond substituents is 5. The number of esters is 2. The Labute approximate surface area is 261 Å². The quantitative estimate of drug-likeness (QED) is 0.119. The van der Waals surface area contributed by atoms with E-state index in [0.29, 0.717) is 5.56 Å². The number of methoxy groups -OCH3 is 1. The minimum Gasteiger partial charge on any atom is -0.508 e. The van der Waals surface area contributed by atoms with E-state index in [1.54, 1.807) is 13.0 Å². The van der Waals surface area contributed by atoms with Crippen LogP contribution < -0.4 is 0 Å². The van der Waals surface area contributed by atoms with Gasteiger partial charge in [-0.05, 0) is 55.2 Å². The van der Waals surface area contributed by atoms with Gasteiger partial charge in [-0.15, -0.1) is 0 Å². The van der Waals surface area contributed by atoms with E-state index in [2.05, 4.69) is 4.74 Å². The molecule has 0 aromatic heterocycles. The van der Waals surface area contributed by atoms with Crippen molar-refractivity contribution in [3.8, 4) is 28.7 Å². The summed E-state index contributed by atoms with van der Waals surface area (Å²) in [6.07, 6.45) is -0.556. The van der Waals surface area contributed by atoms with Crippen LogP contribution in [0.3, 0.4) is 0 Å². The number of ketones is 3. The van der Waals surface area contributed by atoms with Crippen LogP contribution in [0.25, 0.3) is 5.57 Å². The van der Waals surface area contributed by atoms with Crippen LogP contribution in [0.5, 0.6) is 28.7 Å². The van der Waals surface area contributed by atoms with Crippen molar-refractivity contribution in [1.29, 1.82) is 0 Å². The van der Waals surface area contributed by atoms with Crippen LogP contribution in [0.2, 0.25) is 0 Å². The van der Waals surface area contributed by atoms with Crippen molar-refractivity contribution in [2.45, 2.75) is 39.2 Å². The van der Waals surface area contributed by atoms with Crippen LogP contribution in [0.1, 0.15) is 78.3 Å². The van der Waals surface area contributed by atoms with Gasteiger partial charge < -0.3 is 35.0 Å². The van der Waals surface area contributed by atoms with Crippen LogP contribution >= 0.6 is 0 Å². The number of aromatic hydroxyl groups is 5. The van der Waals surface area contributed by atoms with Gasteiger partial charge in [0.05, 0.1) is 18.6 Å². The minimum atomic E-state index is -1.43. The van der Waals surface area contributed by atoms with Crippen LogP contribution in [-0.4, -0.2) is 61.9 Å². The average molecular weight is 629 g/mol. The first-order valence-corrected chi connectivity index (χ1v) is 14.2. The zero-order valence-corrected chi connectivity index (χ0v) is 24.8. The molecular weight excluding hydrogens is 600 g/mol. The number of hydrogen-bond acceptors (Lipinski definition) is 12. The monoisotopic (exact) mass is 628 g/mol. The number of Topliss-reactive ketones (excluding diaryl/α,β-unsaturated/α-hetero) is 3. The highest BCUT2D eigenvalue weighted by molar-refractivity contribution is 6.33. The summed E-state index contributed by atoms with van der Waals surface area (Å²) in [5.41, 5.74) is -2.17. The van der Waals surface area contributed by atoms with Crippen molar-refractivity contribution in [2.24, 2.45) is 11.3 Å². The topological polar surface area (TPSA) is 205 Å². The summed E-state index contributed by atoms with van der Waals surface area (Å²) in [4.78, 5) is 66.6. The second-order valence-electron chi connectivity index (χ2n) is 11.8. The first-order valence-electron chi connectivity index (χ1n) is 14.2. The number of carbonyl (C=O) groups excluding carboxylic acids is 5. The van der Waals surface area contributed by atoms with Gasteiger partial charge in [0.1, 0.15) is 46.0 Å². The lowest BCUT2D eigenvalue weighted by molar-refractivity contribution is -0.160. The highest BCUT2D eigenvalue weighted by Crippen LogP contribution is 2.62. The third-order valence-electron chi connectivity index (χ3n) is 9.10. The van der Waals surface area contributed by atoms with E-state index in [-0.39, 0.29) is 52.0 Å². The molecule has 236 valence electrons. The predicted octanol–water partition coefficient (Wildman–Crippen LogP) is 3.75. The van der Waals surface area contributed by atoms with Gasteiger partial charge in [-0.2, -0.15) is 0 Å². The fraction of sp³-hybridized carbons (Fsp3) is 0.265. The molecule has 0 saturated heterocycles. The van der Waals surface area contributed by atoms with E-state index in [1.807, 2.05) is 0 Å². The maximum Gasteiger partial charge on any atom is 0.342 e. The molecule has 5 N–H and O–H groups in total. The Balaban J connectivity index is 1.51. The number of benzene rings is 3. The minimum absolute atomic E-state index is 0.0361. The number of rotatable bonds is 5. The van der Waals surface area contributed by atoms with E-state index >= 15 is 0 Å². The Morgan fingerprint density at radius 3 is 2.26 bits per heavy atom. The Bertz CT molecular complexity index is 1970. The molecule has 4 aliphatic rings.